The molecule has 2 heterocycles. The quantitative estimate of drug-likeness (QED) is 0.711. The first-order chi connectivity index (χ1) is 10.7. The maximum absolute atomic E-state index is 12.1. The van der Waals surface area contributed by atoms with Gasteiger partial charge in [-0.05, 0) is 63.6 Å². The van der Waals surface area contributed by atoms with E-state index in [-0.39, 0.29) is 30.7 Å². The molecule has 0 bridgehead atoms. The normalized spacial score (nSPS) is 23.7. The number of carbonyl (C=O) groups is 1. The smallest absolute Gasteiger partial charge is 0.220 e. The molecule has 2 N–H and O–H groups in total. The zero-order valence-corrected chi connectivity index (χ0v) is 17.0. The van der Waals surface area contributed by atoms with Crippen LogP contribution in [0.15, 0.2) is 0 Å². The zero-order valence-electron chi connectivity index (χ0n) is 15.4. The molecule has 0 aliphatic carbocycles. The van der Waals surface area contributed by atoms with Crippen molar-refractivity contribution < 1.29 is 4.79 Å². The van der Waals surface area contributed by atoms with Gasteiger partial charge in [-0.15, -0.1) is 24.8 Å². The molecule has 144 valence electrons. The van der Waals surface area contributed by atoms with Crippen LogP contribution < -0.4 is 10.6 Å². The van der Waals surface area contributed by atoms with Gasteiger partial charge in [-0.1, -0.05) is 20.3 Å². The molecule has 2 unspecified atom stereocenters. The zero-order chi connectivity index (χ0) is 15.8. The van der Waals surface area contributed by atoms with Crippen LogP contribution in [0.4, 0.5) is 0 Å². The Bertz CT molecular complexity index is 338. The minimum Gasteiger partial charge on any atom is -0.355 e. The summed E-state index contributed by atoms with van der Waals surface area (Å²) in [7, 11) is 0. The molecule has 2 fully saturated rings. The van der Waals surface area contributed by atoms with E-state index in [1.165, 1.54) is 45.1 Å². The molecular formula is C18H37Cl2N3O. The van der Waals surface area contributed by atoms with Gasteiger partial charge in [0.15, 0.2) is 0 Å². The second-order valence-corrected chi connectivity index (χ2v) is 7.21. The highest BCUT2D eigenvalue weighted by molar-refractivity contribution is 5.85. The van der Waals surface area contributed by atoms with Gasteiger partial charge in [0.1, 0.15) is 0 Å². The number of hydrogen-bond donors (Lipinski definition) is 2. The molecule has 2 aliphatic rings. The van der Waals surface area contributed by atoms with E-state index in [1.54, 1.807) is 0 Å². The number of carbonyl (C=O) groups excluding carboxylic acids is 1. The minimum absolute atomic E-state index is 0. The summed E-state index contributed by atoms with van der Waals surface area (Å²) in [5.41, 5.74) is 0. The summed E-state index contributed by atoms with van der Waals surface area (Å²) in [6, 6.07) is 0.735. The Morgan fingerprint density at radius 1 is 1.21 bits per heavy atom. The maximum Gasteiger partial charge on any atom is 0.220 e. The van der Waals surface area contributed by atoms with Crippen LogP contribution in [-0.2, 0) is 4.79 Å². The summed E-state index contributed by atoms with van der Waals surface area (Å²) in [6.45, 7) is 9.80. The Morgan fingerprint density at radius 3 is 2.58 bits per heavy atom. The van der Waals surface area contributed by atoms with Crippen molar-refractivity contribution in [2.75, 3.05) is 32.7 Å². The molecule has 0 spiro atoms. The van der Waals surface area contributed by atoms with Gasteiger partial charge in [-0.2, -0.15) is 0 Å². The molecule has 0 aromatic carbocycles. The molecule has 0 radical (unpaired) electrons. The second kappa shape index (κ2) is 13.2. The Morgan fingerprint density at radius 2 is 1.92 bits per heavy atom. The molecule has 2 aliphatic heterocycles. The van der Waals surface area contributed by atoms with Gasteiger partial charge in [0, 0.05) is 25.6 Å². The summed E-state index contributed by atoms with van der Waals surface area (Å²) in [4.78, 5) is 14.7. The lowest BCUT2D eigenvalue weighted by Gasteiger charge is -2.35. The van der Waals surface area contributed by atoms with Crippen LogP contribution >= 0.6 is 24.8 Å². The van der Waals surface area contributed by atoms with Crippen LogP contribution in [0, 0.1) is 11.8 Å². The standard InChI is InChI=1S/C18H35N3O.2ClH/c1-3-17-6-4-5-12-21(17)13-11-20-18(22)14-15(2)16-7-9-19-10-8-16;;/h15-17,19H,3-14H2,1-2H3,(H,20,22);2*1H. The largest absolute Gasteiger partial charge is 0.355 e. The fourth-order valence-electron chi connectivity index (χ4n) is 4.10. The van der Waals surface area contributed by atoms with E-state index in [0.717, 1.165) is 38.1 Å². The lowest BCUT2D eigenvalue weighted by molar-refractivity contribution is -0.122. The van der Waals surface area contributed by atoms with Gasteiger partial charge in [0.2, 0.25) is 5.91 Å². The molecule has 0 saturated carbocycles. The van der Waals surface area contributed by atoms with Gasteiger partial charge < -0.3 is 10.6 Å². The van der Waals surface area contributed by atoms with Crippen LogP contribution in [0.5, 0.6) is 0 Å². The molecule has 0 aromatic rings. The first-order valence-corrected chi connectivity index (χ1v) is 9.42. The summed E-state index contributed by atoms with van der Waals surface area (Å²) < 4.78 is 0. The van der Waals surface area contributed by atoms with Gasteiger partial charge in [-0.25, -0.2) is 0 Å². The first-order valence-electron chi connectivity index (χ1n) is 9.42. The maximum atomic E-state index is 12.1. The van der Waals surface area contributed by atoms with Crippen molar-refractivity contribution in [2.45, 2.75) is 64.8 Å². The Hall–Kier alpha value is -0.0300. The molecule has 6 heteroatoms. The van der Waals surface area contributed by atoms with E-state index >= 15 is 0 Å². The average Bonchev–Trinajstić information content (AvgIpc) is 2.56. The van der Waals surface area contributed by atoms with Crippen LogP contribution in [0.3, 0.4) is 0 Å². The number of rotatable bonds is 7. The average molecular weight is 382 g/mol. The van der Waals surface area contributed by atoms with Gasteiger partial charge in [-0.3, -0.25) is 9.69 Å². The molecule has 2 rings (SSSR count). The van der Waals surface area contributed by atoms with Crippen molar-refractivity contribution in [2.24, 2.45) is 11.8 Å². The molecule has 4 nitrogen and oxygen atoms in total. The molecule has 2 atom stereocenters. The van der Waals surface area contributed by atoms with E-state index in [9.17, 15) is 4.79 Å². The number of amides is 1. The third-order valence-electron chi connectivity index (χ3n) is 5.64. The van der Waals surface area contributed by atoms with Crippen molar-refractivity contribution >= 4 is 30.7 Å². The molecule has 1 amide bonds. The number of halogens is 2. The lowest BCUT2D eigenvalue weighted by atomic mass is 9.84. The van der Waals surface area contributed by atoms with Crippen molar-refractivity contribution in [3.8, 4) is 0 Å². The van der Waals surface area contributed by atoms with E-state index in [2.05, 4.69) is 29.4 Å². The summed E-state index contributed by atoms with van der Waals surface area (Å²) in [5, 5.41) is 6.55. The summed E-state index contributed by atoms with van der Waals surface area (Å²) in [5.74, 6) is 1.48. The van der Waals surface area contributed by atoms with E-state index < -0.39 is 0 Å². The topological polar surface area (TPSA) is 44.4 Å². The van der Waals surface area contributed by atoms with Crippen LogP contribution in [-0.4, -0.2) is 49.6 Å². The number of nitrogens with one attached hydrogen (secondary N) is 2. The predicted molar refractivity (Wildman–Crippen MR) is 106 cm³/mol. The fraction of sp³-hybridized carbons (Fsp3) is 0.944. The van der Waals surface area contributed by atoms with Crippen LogP contribution in [0.25, 0.3) is 0 Å². The van der Waals surface area contributed by atoms with Crippen molar-refractivity contribution in [3.05, 3.63) is 0 Å². The monoisotopic (exact) mass is 381 g/mol. The SMILES string of the molecule is CCC1CCCCN1CCNC(=O)CC(C)C1CCNCC1.Cl.Cl. The number of nitrogens with zero attached hydrogens (tertiary/aromatic N) is 1. The van der Waals surface area contributed by atoms with E-state index in [4.69, 9.17) is 0 Å². The highest BCUT2D eigenvalue weighted by atomic mass is 35.5. The lowest BCUT2D eigenvalue weighted by Crippen LogP contribution is -2.43. The molecule has 2 saturated heterocycles. The molecular weight excluding hydrogens is 345 g/mol. The van der Waals surface area contributed by atoms with Gasteiger partial charge in [0.25, 0.3) is 0 Å². The van der Waals surface area contributed by atoms with Crippen LogP contribution in [0.2, 0.25) is 0 Å². The van der Waals surface area contributed by atoms with Crippen LogP contribution in [0.1, 0.15) is 58.8 Å². The predicted octanol–water partition coefficient (Wildman–Crippen LogP) is 3.24. The van der Waals surface area contributed by atoms with E-state index in [1.807, 2.05) is 0 Å². The third-order valence-corrected chi connectivity index (χ3v) is 5.64. The second-order valence-electron chi connectivity index (χ2n) is 7.21. The highest BCUT2D eigenvalue weighted by Gasteiger charge is 2.23. The summed E-state index contributed by atoms with van der Waals surface area (Å²) in [6.07, 6.45) is 8.40. The first kappa shape index (κ1) is 24.0. The Balaban J connectivity index is 0.00000264. The highest BCUT2D eigenvalue weighted by Crippen LogP contribution is 2.24. The fourth-order valence-corrected chi connectivity index (χ4v) is 4.10. The molecule has 0 aromatic heterocycles. The van der Waals surface area contributed by atoms with Gasteiger partial charge in [0.05, 0.1) is 0 Å². The van der Waals surface area contributed by atoms with E-state index in [0.29, 0.717) is 12.3 Å². The number of piperidine rings is 2. The van der Waals surface area contributed by atoms with Gasteiger partial charge >= 0.3 is 0 Å². The number of likely N-dealkylation sites (tertiary alicyclic amines) is 1. The van der Waals surface area contributed by atoms with Crippen molar-refractivity contribution in [1.29, 1.82) is 0 Å². The van der Waals surface area contributed by atoms with Crippen molar-refractivity contribution in [1.82, 2.24) is 15.5 Å². The summed E-state index contributed by atoms with van der Waals surface area (Å²) >= 11 is 0. The number of hydrogen-bond acceptors (Lipinski definition) is 3. The molecule has 24 heavy (non-hydrogen) atoms. The Labute approximate surface area is 160 Å². The minimum atomic E-state index is 0. The Kier molecular flexibility index (Phi) is 13.2. The third kappa shape index (κ3) is 7.90. The van der Waals surface area contributed by atoms with Crippen molar-refractivity contribution in [3.63, 3.8) is 0 Å².